The zero-order chi connectivity index (χ0) is 19.7. The first-order chi connectivity index (χ1) is 13.5. The Kier molecular flexibility index (Phi) is 5.05. The Bertz CT molecular complexity index is 929. The highest BCUT2D eigenvalue weighted by Crippen LogP contribution is 2.31. The van der Waals surface area contributed by atoms with Crippen LogP contribution in [-0.4, -0.2) is 42.3 Å². The monoisotopic (exact) mass is 397 g/mol. The Hall–Kier alpha value is -2.86. The van der Waals surface area contributed by atoms with Crippen molar-refractivity contribution in [3.05, 3.63) is 59.1 Å². The highest BCUT2D eigenvalue weighted by Gasteiger charge is 2.35. The van der Waals surface area contributed by atoms with E-state index in [1.165, 1.54) is 4.90 Å². The second-order valence-corrected chi connectivity index (χ2v) is 7.52. The molecule has 28 heavy (non-hydrogen) atoms. The fourth-order valence-electron chi connectivity index (χ4n) is 3.79. The van der Waals surface area contributed by atoms with Crippen LogP contribution in [0.2, 0.25) is 5.02 Å². The molecule has 2 aromatic rings. The molecular weight excluding hydrogens is 378 g/mol. The summed E-state index contributed by atoms with van der Waals surface area (Å²) >= 11 is 5.90. The SMILES string of the molecule is O=C1CN(C(=O)[C@H]2CCCN(C(=O)c3ccc(Cl)cc3)C2)c2ccccc2N1. The van der Waals surface area contributed by atoms with E-state index in [0.29, 0.717) is 41.5 Å². The Balaban J connectivity index is 1.52. The van der Waals surface area contributed by atoms with Crippen LogP contribution >= 0.6 is 11.6 Å². The lowest BCUT2D eigenvalue weighted by atomic mass is 9.95. The van der Waals surface area contributed by atoms with Crippen molar-refractivity contribution in [3.63, 3.8) is 0 Å². The van der Waals surface area contributed by atoms with Gasteiger partial charge in [0.2, 0.25) is 11.8 Å². The van der Waals surface area contributed by atoms with E-state index in [9.17, 15) is 14.4 Å². The third-order valence-corrected chi connectivity index (χ3v) is 5.44. The fraction of sp³-hybridized carbons (Fsp3) is 0.286. The molecule has 6 nitrogen and oxygen atoms in total. The summed E-state index contributed by atoms with van der Waals surface area (Å²) in [6.07, 6.45) is 1.45. The summed E-state index contributed by atoms with van der Waals surface area (Å²) in [5.41, 5.74) is 1.89. The zero-order valence-corrected chi connectivity index (χ0v) is 16.0. The molecule has 0 unspecified atom stereocenters. The van der Waals surface area contributed by atoms with Gasteiger partial charge in [-0.1, -0.05) is 23.7 Å². The molecule has 1 fully saturated rings. The number of piperidine rings is 1. The Morgan fingerprint density at radius 3 is 2.61 bits per heavy atom. The van der Waals surface area contributed by atoms with Gasteiger partial charge in [-0.25, -0.2) is 0 Å². The van der Waals surface area contributed by atoms with Crippen LogP contribution in [0.15, 0.2) is 48.5 Å². The molecule has 2 aliphatic heterocycles. The molecule has 2 aliphatic rings. The van der Waals surface area contributed by atoms with Gasteiger partial charge in [-0.05, 0) is 49.2 Å². The minimum atomic E-state index is -0.330. The van der Waals surface area contributed by atoms with Crippen LogP contribution in [0, 0.1) is 5.92 Å². The Labute approximate surface area is 168 Å². The summed E-state index contributed by atoms with van der Waals surface area (Å²) in [7, 11) is 0. The second kappa shape index (κ2) is 7.64. The fourth-order valence-corrected chi connectivity index (χ4v) is 3.91. The molecule has 2 heterocycles. The average Bonchev–Trinajstić information content (AvgIpc) is 2.72. The quantitative estimate of drug-likeness (QED) is 0.846. The van der Waals surface area contributed by atoms with Crippen LogP contribution in [-0.2, 0) is 9.59 Å². The number of rotatable bonds is 2. The standard InChI is InChI=1S/C21H20ClN3O3/c22-16-9-7-14(8-10-16)20(27)24-11-3-4-15(12-24)21(28)25-13-19(26)23-17-5-1-2-6-18(17)25/h1-2,5-10,15H,3-4,11-13H2,(H,23,26)/t15-/m0/s1. The predicted octanol–water partition coefficient (Wildman–Crippen LogP) is 3.18. The van der Waals surface area contributed by atoms with E-state index >= 15 is 0 Å². The number of amides is 3. The first kappa shape index (κ1) is 18.5. The lowest BCUT2D eigenvalue weighted by molar-refractivity contribution is -0.125. The van der Waals surface area contributed by atoms with E-state index in [-0.39, 0.29) is 30.2 Å². The minimum absolute atomic E-state index is 0.00250. The molecule has 0 aromatic heterocycles. The molecule has 3 amide bonds. The number of carbonyl (C=O) groups excluding carboxylic acids is 3. The highest BCUT2D eigenvalue weighted by atomic mass is 35.5. The first-order valence-corrected chi connectivity index (χ1v) is 9.66. The minimum Gasteiger partial charge on any atom is -0.338 e. The molecular formula is C21H20ClN3O3. The largest absolute Gasteiger partial charge is 0.338 e. The predicted molar refractivity (Wildman–Crippen MR) is 108 cm³/mol. The summed E-state index contributed by atoms with van der Waals surface area (Å²) in [4.78, 5) is 41.3. The smallest absolute Gasteiger partial charge is 0.253 e. The third-order valence-electron chi connectivity index (χ3n) is 5.19. The number of para-hydroxylation sites is 2. The van der Waals surface area contributed by atoms with Gasteiger partial charge in [0.15, 0.2) is 0 Å². The van der Waals surface area contributed by atoms with Crippen molar-refractivity contribution >= 4 is 40.7 Å². The number of carbonyl (C=O) groups is 3. The number of likely N-dealkylation sites (tertiary alicyclic amines) is 1. The van der Waals surface area contributed by atoms with Crippen LogP contribution < -0.4 is 10.2 Å². The summed E-state index contributed by atoms with van der Waals surface area (Å²) in [5, 5.41) is 3.37. The van der Waals surface area contributed by atoms with E-state index in [2.05, 4.69) is 5.32 Å². The number of nitrogens with zero attached hydrogens (tertiary/aromatic N) is 2. The van der Waals surface area contributed by atoms with Gasteiger partial charge < -0.3 is 15.1 Å². The maximum absolute atomic E-state index is 13.2. The van der Waals surface area contributed by atoms with Crippen molar-refractivity contribution in [2.24, 2.45) is 5.92 Å². The summed E-state index contributed by atoms with van der Waals surface area (Å²) in [6, 6.07) is 14.0. The van der Waals surface area contributed by atoms with Gasteiger partial charge in [0.05, 0.1) is 17.3 Å². The lowest BCUT2D eigenvalue weighted by Crippen LogP contribution is -2.50. The molecule has 0 spiro atoms. The van der Waals surface area contributed by atoms with Gasteiger partial charge in [0.25, 0.3) is 5.91 Å². The highest BCUT2D eigenvalue weighted by molar-refractivity contribution is 6.30. The number of halogens is 1. The molecule has 1 N–H and O–H groups in total. The molecule has 0 bridgehead atoms. The van der Waals surface area contributed by atoms with Gasteiger partial charge >= 0.3 is 0 Å². The van der Waals surface area contributed by atoms with E-state index in [0.717, 1.165) is 6.42 Å². The van der Waals surface area contributed by atoms with Crippen LogP contribution in [0.4, 0.5) is 11.4 Å². The number of hydrogen-bond acceptors (Lipinski definition) is 3. The van der Waals surface area contributed by atoms with Gasteiger partial charge in [-0.3, -0.25) is 14.4 Å². The van der Waals surface area contributed by atoms with Crippen LogP contribution in [0.25, 0.3) is 0 Å². The molecule has 1 saturated heterocycles. The summed E-state index contributed by atoms with van der Waals surface area (Å²) in [6.45, 7) is 0.959. The molecule has 144 valence electrons. The van der Waals surface area contributed by atoms with Crippen LogP contribution in [0.5, 0.6) is 0 Å². The number of anilines is 2. The average molecular weight is 398 g/mol. The molecule has 0 saturated carbocycles. The first-order valence-electron chi connectivity index (χ1n) is 9.28. The van der Waals surface area contributed by atoms with Crippen molar-refractivity contribution in [1.29, 1.82) is 0 Å². The lowest BCUT2D eigenvalue weighted by Gasteiger charge is -2.36. The van der Waals surface area contributed by atoms with Crippen molar-refractivity contribution in [2.45, 2.75) is 12.8 Å². The third kappa shape index (κ3) is 3.60. The maximum atomic E-state index is 13.2. The van der Waals surface area contributed by atoms with Gasteiger partial charge in [0.1, 0.15) is 6.54 Å². The van der Waals surface area contributed by atoms with Crippen LogP contribution in [0.3, 0.4) is 0 Å². The van der Waals surface area contributed by atoms with E-state index in [4.69, 9.17) is 11.6 Å². The van der Waals surface area contributed by atoms with Gasteiger partial charge in [-0.2, -0.15) is 0 Å². The number of fused-ring (bicyclic) bond motifs is 1. The maximum Gasteiger partial charge on any atom is 0.253 e. The van der Waals surface area contributed by atoms with E-state index < -0.39 is 0 Å². The zero-order valence-electron chi connectivity index (χ0n) is 15.2. The summed E-state index contributed by atoms with van der Waals surface area (Å²) < 4.78 is 0. The van der Waals surface area contributed by atoms with Crippen molar-refractivity contribution in [1.82, 2.24) is 4.90 Å². The number of nitrogens with one attached hydrogen (secondary N) is 1. The normalized spacial score (nSPS) is 19.0. The second-order valence-electron chi connectivity index (χ2n) is 7.09. The van der Waals surface area contributed by atoms with Crippen molar-refractivity contribution in [2.75, 3.05) is 29.9 Å². The Morgan fingerprint density at radius 2 is 1.82 bits per heavy atom. The topological polar surface area (TPSA) is 69.7 Å². The molecule has 1 atom stereocenters. The van der Waals surface area contributed by atoms with Crippen LogP contribution in [0.1, 0.15) is 23.2 Å². The molecule has 2 aromatic carbocycles. The van der Waals surface area contributed by atoms with Crippen molar-refractivity contribution < 1.29 is 14.4 Å². The molecule has 0 aliphatic carbocycles. The van der Waals surface area contributed by atoms with Crippen molar-refractivity contribution in [3.8, 4) is 0 Å². The Morgan fingerprint density at radius 1 is 1.07 bits per heavy atom. The van der Waals surface area contributed by atoms with Gasteiger partial charge in [-0.15, -0.1) is 0 Å². The van der Waals surface area contributed by atoms with Gasteiger partial charge in [0, 0.05) is 23.7 Å². The van der Waals surface area contributed by atoms with E-state index in [1.807, 2.05) is 18.2 Å². The number of hydrogen-bond donors (Lipinski definition) is 1. The number of benzene rings is 2. The molecule has 7 heteroatoms. The summed E-state index contributed by atoms with van der Waals surface area (Å²) in [5.74, 6) is -0.761. The van der Waals surface area contributed by atoms with E-state index in [1.54, 1.807) is 35.2 Å². The molecule has 4 rings (SSSR count). The molecule has 0 radical (unpaired) electrons.